The Hall–Kier alpha value is -3.23. The van der Waals surface area contributed by atoms with Crippen molar-refractivity contribution in [1.82, 2.24) is 24.7 Å². The summed E-state index contributed by atoms with van der Waals surface area (Å²) in [5.74, 6) is -0.920. The molecule has 38 heavy (non-hydrogen) atoms. The zero-order valence-corrected chi connectivity index (χ0v) is 23.5. The number of rotatable bonds is 10. The Labute approximate surface area is 225 Å². The smallest absolute Gasteiger partial charge is 0.274 e. The van der Waals surface area contributed by atoms with Crippen molar-refractivity contribution in [1.29, 1.82) is 0 Å². The number of aryl methyl sites for hydroxylation is 1. The van der Waals surface area contributed by atoms with E-state index in [0.29, 0.717) is 38.2 Å². The minimum absolute atomic E-state index is 0.111. The second-order valence-corrected chi connectivity index (χ2v) is 11.5. The second-order valence-electron chi connectivity index (χ2n) is 11.5. The molecule has 1 saturated heterocycles. The average Bonchev–Trinajstić information content (AvgIpc) is 3.52. The van der Waals surface area contributed by atoms with Gasteiger partial charge in [0, 0.05) is 44.8 Å². The van der Waals surface area contributed by atoms with Crippen molar-refractivity contribution in [2.24, 2.45) is 18.4 Å². The molecule has 9 heteroatoms. The fourth-order valence-corrected chi connectivity index (χ4v) is 4.73. The lowest BCUT2D eigenvalue weighted by Gasteiger charge is -2.37. The molecular formula is C29H42FN5O3. The van der Waals surface area contributed by atoms with Crippen molar-refractivity contribution in [3.05, 3.63) is 53.9 Å². The van der Waals surface area contributed by atoms with E-state index in [1.807, 2.05) is 46.6 Å². The van der Waals surface area contributed by atoms with E-state index in [0.717, 1.165) is 18.4 Å². The number of amides is 3. The molecule has 0 unspecified atom stereocenters. The Morgan fingerprint density at radius 3 is 2.47 bits per heavy atom. The van der Waals surface area contributed by atoms with Gasteiger partial charge < -0.3 is 19.7 Å². The standard InChI is InChI=1S/C29H42FN5O3/c1-7-20(2)26(36)32-25(29(3,4)5)28(38)35-15-8-9-23(35)17-34(27(37)24-18-33(6)19-31-24)16-14-21-10-12-22(30)13-11-21/h10-13,18-20,23,25H,7-9,14-17H2,1-6H3,(H,32,36)/t20-,23+,25-/m1/s1. The van der Waals surface area contributed by atoms with Crippen molar-refractivity contribution in [3.63, 3.8) is 0 Å². The van der Waals surface area contributed by atoms with Gasteiger partial charge in [0.1, 0.15) is 17.6 Å². The van der Waals surface area contributed by atoms with Gasteiger partial charge in [-0.05, 0) is 48.8 Å². The van der Waals surface area contributed by atoms with Crippen LogP contribution in [0.15, 0.2) is 36.8 Å². The van der Waals surface area contributed by atoms with E-state index in [2.05, 4.69) is 10.3 Å². The first-order valence-electron chi connectivity index (χ1n) is 13.5. The highest BCUT2D eigenvalue weighted by Gasteiger charge is 2.40. The first-order chi connectivity index (χ1) is 17.9. The molecule has 8 nitrogen and oxygen atoms in total. The van der Waals surface area contributed by atoms with Crippen molar-refractivity contribution in [2.75, 3.05) is 19.6 Å². The van der Waals surface area contributed by atoms with Gasteiger partial charge in [-0.1, -0.05) is 46.8 Å². The zero-order valence-electron chi connectivity index (χ0n) is 23.5. The highest BCUT2D eigenvalue weighted by molar-refractivity contribution is 5.92. The van der Waals surface area contributed by atoms with Gasteiger partial charge in [0.25, 0.3) is 5.91 Å². The molecular weight excluding hydrogens is 485 g/mol. The van der Waals surface area contributed by atoms with E-state index in [9.17, 15) is 18.8 Å². The van der Waals surface area contributed by atoms with Crippen LogP contribution in [0.5, 0.6) is 0 Å². The number of carbonyl (C=O) groups is 3. The molecule has 3 amide bonds. The summed E-state index contributed by atoms with van der Waals surface area (Å²) >= 11 is 0. The number of likely N-dealkylation sites (tertiary alicyclic amines) is 1. The normalized spacial score (nSPS) is 17.2. The molecule has 2 aromatic rings. The predicted octanol–water partition coefficient (Wildman–Crippen LogP) is 3.81. The van der Waals surface area contributed by atoms with Gasteiger partial charge >= 0.3 is 0 Å². The second kappa shape index (κ2) is 12.5. The van der Waals surface area contributed by atoms with E-state index >= 15 is 0 Å². The Morgan fingerprint density at radius 2 is 1.89 bits per heavy atom. The summed E-state index contributed by atoms with van der Waals surface area (Å²) in [6.45, 7) is 11.0. The maximum absolute atomic E-state index is 13.8. The first kappa shape index (κ1) is 29.3. The highest BCUT2D eigenvalue weighted by Crippen LogP contribution is 2.27. The topological polar surface area (TPSA) is 87.5 Å². The fourth-order valence-electron chi connectivity index (χ4n) is 4.73. The molecule has 208 valence electrons. The molecule has 0 saturated carbocycles. The van der Waals surface area contributed by atoms with E-state index in [1.54, 1.807) is 34.1 Å². The molecule has 0 aliphatic carbocycles. The summed E-state index contributed by atoms with van der Waals surface area (Å²) in [5, 5.41) is 3.01. The summed E-state index contributed by atoms with van der Waals surface area (Å²) < 4.78 is 15.1. The number of imidazole rings is 1. The van der Waals surface area contributed by atoms with Crippen LogP contribution in [0.25, 0.3) is 0 Å². The van der Waals surface area contributed by atoms with Crippen LogP contribution in [0.2, 0.25) is 0 Å². The quantitative estimate of drug-likeness (QED) is 0.509. The highest BCUT2D eigenvalue weighted by atomic mass is 19.1. The van der Waals surface area contributed by atoms with Crippen LogP contribution in [-0.2, 0) is 23.1 Å². The Morgan fingerprint density at radius 1 is 1.21 bits per heavy atom. The molecule has 3 atom stereocenters. The lowest BCUT2D eigenvalue weighted by Crippen LogP contribution is -2.57. The molecule has 1 aliphatic rings. The summed E-state index contributed by atoms with van der Waals surface area (Å²) in [5.41, 5.74) is 0.792. The minimum atomic E-state index is -0.663. The third-order valence-electron chi connectivity index (χ3n) is 7.35. The SMILES string of the molecule is CC[C@@H](C)C(=O)N[C@H](C(=O)N1CCC[C@H]1CN(CCc1ccc(F)cc1)C(=O)c1cn(C)cn1)C(C)(C)C. The number of halogens is 1. The molecule has 1 aliphatic heterocycles. The first-order valence-corrected chi connectivity index (χ1v) is 13.5. The summed E-state index contributed by atoms with van der Waals surface area (Å²) in [6.07, 6.45) is 6.12. The Bertz CT molecular complexity index is 1110. The van der Waals surface area contributed by atoms with Gasteiger partial charge in [0.2, 0.25) is 11.8 Å². The van der Waals surface area contributed by atoms with Crippen LogP contribution in [0.3, 0.4) is 0 Å². The minimum Gasteiger partial charge on any atom is -0.344 e. The molecule has 1 aromatic heterocycles. The predicted molar refractivity (Wildman–Crippen MR) is 145 cm³/mol. The number of hydrogen-bond donors (Lipinski definition) is 1. The number of carbonyl (C=O) groups excluding carboxylic acids is 3. The van der Waals surface area contributed by atoms with Gasteiger partial charge in [-0.25, -0.2) is 9.37 Å². The lowest BCUT2D eigenvalue weighted by atomic mass is 9.85. The van der Waals surface area contributed by atoms with Crippen LogP contribution in [0.4, 0.5) is 4.39 Å². The maximum atomic E-state index is 13.8. The molecule has 0 radical (unpaired) electrons. The van der Waals surface area contributed by atoms with Crippen LogP contribution in [0.1, 0.15) is 69.9 Å². The molecule has 1 aromatic carbocycles. The Balaban J connectivity index is 1.80. The maximum Gasteiger partial charge on any atom is 0.274 e. The van der Waals surface area contributed by atoms with Crippen LogP contribution >= 0.6 is 0 Å². The number of hydrogen-bond acceptors (Lipinski definition) is 4. The number of aromatic nitrogens is 2. The summed E-state index contributed by atoms with van der Waals surface area (Å²) in [7, 11) is 1.81. The molecule has 0 bridgehead atoms. The number of nitrogens with one attached hydrogen (secondary N) is 1. The van der Waals surface area contributed by atoms with Gasteiger partial charge in [0.05, 0.1) is 6.33 Å². The number of nitrogens with zero attached hydrogens (tertiary/aromatic N) is 4. The third-order valence-corrected chi connectivity index (χ3v) is 7.35. The van der Waals surface area contributed by atoms with Crippen molar-refractivity contribution in [3.8, 4) is 0 Å². The van der Waals surface area contributed by atoms with Crippen LogP contribution in [-0.4, -0.2) is 68.8 Å². The van der Waals surface area contributed by atoms with Crippen LogP contribution < -0.4 is 5.32 Å². The van der Waals surface area contributed by atoms with Crippen molar-refractivity contribution < 1.29 is 18.8 Å². The third kappa shape index (κ3) is 7.42. The largest absolute Gasteiger partial charge is 0.344 e. The van der Waals surface area contributed by atoms with Crippen molar-refractivity contribution >= 4 is 17.7 Å². The average molecular weight is 528 g/mol. The lowest BCUT2D eigenvalue weighted by molar-refractivity contribution is -0.141. The van der Waals surface area contributed by atoms with E-state index < -0.39 is 11.5 Å². The van der Waals surface area contributed by atoms with Gasteiger partial charge in [-0.2, -0.15) is 0 Å². The molecule has 0 spiro atoms. The fraction of sp³-hybridized carbons (Fsp3) is 0.586. The molecule has 1 fully saturated rings. The molecule has 2 heterocycles. The van der Waals surface area contributed by atoms with E-state index in [-0.39, 0.29) is 35.5 Å². The zero-order chi connectivity index (χ0) is 28.0. The number of benzene rings is 1. The van der Waals surface area contributed by atoms with Crippen molar-refractivity contribution in [2.45, 2.75) is 72.4 Å². The summed E-state index contributed by atoms with van der Waals surface area (Å²) in [6, 6.07) is 5.43. The van der Waals surface area contributed by atoms with E-state index in [4.69, 9.17) is 0 Å². The monoisotopic (exact) mass is 527 g/mol. The molecule has 3 rings (SSSR count). The summed E-state index contributed by atoms with van der Waals surface area (Å²) in [4.78, 5) is 47.9. The van der Waals surface area contributed by atoms with Gasteiger partial charge in [-0.3, -0.25) is 14.4 Å². The van der Waals surface area contributed by atoms with Crippen LogP contribution in [0, 0.1) is 17.2 Å². The Kier molecular flexibility index (Phi) is 9.68. The van der Waals surface area contributed by atoms with Gasteiger partial charge in [0.15, 0.2) is 0 Å². The van der Waals surface area contributed by atoms with Gasteiger partial charge in [-0.15, -0.1) is 0 Å². The van der Waals surface area contributed by atoms with E-state index in [1.165, 1.54) is 12.1 Å². The molecule has 1 N–H and O–H groups in total.